The fourth-order valence-electron chi connectivity index (χ4n) is 3.29. The van der Waals surface area contributed by atoms with Gasteiger partial charge in [-0.05, 0) is 79.6 Å². The molecule has 0 aromatic rings. The molecule has 0 aliphatic heterocycles. The summed E-state index contributed by atoms with van der Waals surface area (Å²) in [5, 5.41) is 19.0. The first-order chi connectivity index (χ1) is 15.7. The highest BCUT2D eigenvalue weighted by Gasteiger charge is 2.38. The molecule has 0 aromatic carbocycles. The Morgan fingerprint density at radius 1 is 0.941 bits per heavy atom. The van der Waals surface area contributed by atoms with E-state index in [1.165, 1.54) is 6.92 Å². The van der Waals surface area contributed by atoms with Gasteiger partial charge in [-0.2, -0.15) is 0 Å². The summed E-state index contributed by atoms with van der Waals surface area (Å²) in [6, 6.07) is -1.85. The van der Waals surface area contributed by atoms with Crippen molar-refractivity contribution < 1.29 is 33.5 Å². The van der Waals surface area contributed by atoms with Crippen LogP contribution in [-0.4, -0.2) is 73.1 Å². The van der Waals surface area contributed by atoms with E-state index in [9.17, 15) is 19.4 Å². The number of rotatable bonds is 15. The van der Waals surface area contributed by atoms with Gasteiger partial charge < -0.3 is 40.8 Å². The highest BCUT2D eigenvalue weighted by molar-refractivity contribution is 6.61. The summed E-state index contributed by atoms with van der Waals surface area (Å²) in [7, 11) is 0. The number of hydrogen-bond donors (Lipinski definition) is 5. The van der Waals surface area contributed by atoms with Gasteiger partial charge in [-0.15, -0.1) is 0 Å². The first-order valence-corrected chi connectivity index (χ1v) is 12.2. The molecule has 200 valence electrons. The highest BCUT2D eigenvalue weighted by Crippen LogP contribution is 2.17. The molecule has 0 saturated carbocycles. The van der Waals surface area contributed by atoms with E-state index in [4.69, 9.17) is 19.8 Å². The smallest absolute Gasteiger partial charge is 0.408 e. The molecule has 0 bridgehead atoms. The molecule has 3 atom stereocenters. The number of nitrogens with one attached hydrogen (secondary N) is 3. The fraction of sp³-hybridized carbons (Fsp3) is 0.864. The van der Waals surface area contributed by atoms with Crippen molar-refractivity contribution in [1.82, 2.24) is 16.0 Å². The van der Waals surface area contributed by atoms with Crippen molar-refractivity contribution in [3.63, 3.8) is 0 Å². The molecule has 0 saturated heterocycles. The van der Waals surface area contributed by atoms with E-state index in [1.54, 1.807) is 48.5 Å². The Morgan fingerprint density at radius 2 is 1.50 bits per heavy atom. The lowest BCUT2D eigenvalue weighted by atomic mass is 9.66. The van der Waals surface area contributed by atoms with Crippen LogP contribution < -0.4 is 21.7 Å². The summed E-state index contributed by atoms with van der Waals surface area (Å²) in [5.74, 6) is -2.14. The lowest BCUT2D eigenvalue weighted by Gasteiger charge is -2.43. The van der Waals surface area contributed by atoms with Gasteiger partial charge in [0.1, 0.15) is 17.7 Å². The molecule has 0 aromatic heterocycles. The monoisotopic (exact) mass is 489 g/mol. The number of nitrogens with two attached hydrogens (primary N) is 1. The Hall–Kier alpha value is -1.89. The summed E-state index contributed by atoms with van der Waals surface area (Å²) in [6.45, 7) is 11.7. The van der Waals surface area contributed by atoms with Gasteiger partial charge in [-0.25, -0.2) is 4.79 Å². The predicted molar refractivity (Wildman–Crippen MR) is 132 cm³/mol. The topological polar surface area (TPSA) is 161 Å². The van der Waals surface area contributed by atoms with E-state index in [1.807, 2.05) is 0 Å². The zero-order valence-corrected chi connectivity index (χ0v) is 22.1. The number of unbranched alkanes of at least 4 members (excludes halogenated alkanes) is 1. The van der Waals surface area contributed by atoms with Crippen LogP contribution in [0.2, 0.25) is 0 Å². The molecular weight excluding hydrogens is 443 g/mol. The molecule has 3 amide bonds. The van der Waals surface area contributed by atoms with E-state index >= 15 is 0 Å². The van der Waals surface area contributed by atoms with Crippen LogP contribution in [0, 0.1) is 5.92 Å². The van der Waals surface area contributed by atoms with Gasteiger partial charge in [0.05, 0.1) is 0 Å². The van der Waals surface area contributed by atoms with Crippen LogP contribution in [0.5, 0.6) is 0 Å². The van der Waals surface area contributed by atoms with Crippen LogP contribution in [0.25, 0.3) is 0 Å². The average Bonchev–Trinajstić information content (AvgIpc) is 2.69. The average molecular weight is 489 g/mol. The van der Waals surface area contributed by atoms with E-state index in [0.29, 0.717) is 25.8 Å². The summed E-state index contributed by atoms with van der Waals surface area (Å²) < 4.78 is 16.2. The third kappa shape index (κ3) is 12.0. The second-order valence-electron chi connectivity index (χ2n) is 9.64. The molecule has 12 heteroatoms. The molecule has 0 aliphatic rings. The maximum atomic E-state index is 13.2. The molecule has 0 fully saturated rings. The van der Waals surface area contributed by atoms with Gasteiger partial charge >= 0.3 is 12.8 Å². The fourth-order valence-corrected chi connectivity index (χ4v) is 3.29. The molecular formula is C22H46BN4O7-. The van der Waals surface area contributed by atoms with Gasteiger partial charge in [-0.1, -0.05) is 26.7 Å². The van der Waals surface area contributed by atoms with Gasteiger partial charge in [0, 0.05) is 0 Å². The number of carbonyl (C=O) groups is 3. The maximum absolute atomic E-state index is 13.2. The lowest BCUT2D eigenvalue weighted by Crippen LogP contribution is -2.64. The van der Waals surface area contributed by atoms with E-state index < -0.39 is 48.3 Å². The SMILES string of the molecule is CCO[B-](O)(OCC)[C@H](CCCCN)NC(=O)[C@@H](NC(=O)[C@H](C)NC(=O)OC(C)(C)C)C(C)C. The molecule has 34 heavy (non-hydrogen) atoms. The Kier molecular flexibility index (Phi) is 14.3. The zero-order valence-electron chi connectivity index (χ0n) is 22.1. The Bertz CT molecular complexity index is 637. The summed E-state index contributed by atoms with van der Waals surface area (Å²) in [6.07, 6.45) is 0.993. The van der Waals surface area contributed by atoms with E-state index in [-0.39, 0.29) is 19.1 Å². The molecule has 6 N–H and O–H groups in total. The van der Waals surface area contributed by atoms with Crippen LogP contribution >= 0.6 is 0 Å². The van der Waals surface area contributed by atoms with Crippen LogP contribution in [0.15, 0.2) is 0 Å². The summed E-state index contributed by atoms with van der Waals surface area (Å²) in [5.41, 5.74) is 4.88. The normalized spacial score (nSPS) is 14.8. The van der Waals surface area contributed by atoms with Crippen molar-refractivity contribution in [2.45, 2.75) is 98.3 Å². The van der Waals surface area contributed by atoms with Gasteiger partial charge in [-0.3, -0.25) is 9.59 Å². The van der Waals surface area contributed by atoms with Crippen molar-refractivity contribution in [2.75, 3.05) is 19.8 Å². The predicted octanol–water partition coefficient (Wildman–Crippen LogP) is 1.20. The Labute approximate surface area is 204 Å². The third-order valence-electron chi connectivity index (χ3n) is 4.99. The molecule has 0 heterocycles. The standard InChI is InChI=1S/C22H46BN4O7/c1-9-32-23(31,33-10-2)17(13-11-12-14-24)26-20(29)18(15(3)4)27-19(28)16(5)25-21(30)34-22(6,7)8/h15-18,31H,9-14,24H2,1-8H3,(H,25,30)(H,26,29)(H,27,28)/q-1/t16-,17-,18-/m0/s1. The minimum absolute atomic E-state index is 0.192. The van der Waals surface area contributed by atoms with Crippen LogP contribution in [0.3, 0.4) is 0 Å². The van der Waals surface area contributed by atoms with Gasteiger partial charge in [0.15, 0.2) is 0 Å². The van der Waals surface area contributed by atoms with E-state index in [0.717, 1.165) is 0 Å². The molecule has 0 radical (unpaired) electrons. The molecule has 0 unspecified atom stereocenters. The molecule has 0 aliphatic carbocycles. The Balaban J connectivity index is 5.44. The van der Waals surface area contributed by atoms with Crippen molar-refractivity contribution in [2.24, 2.45) is 11.7 Å². The largest absolute Gasteiger partial charge is 0.558 e. The number of amides is 3. The molecule has 11 nitrogen and oxygen atoms in total. The van der Waals surface area contributed by atoms with Crippen molar-refractivity contribution in [1.29, 1.82) is 0 Å². The van der Waals surface area contributed by atoms with E-state index in [2.05, 4.69) is 16.0 Å². The first kappa shape index (κ1) is 32.1. The lowest BCUT2D eigenvalue weighted by molar-refractivity contribution is -0.131. The number of carbonyl (C=O) groups excluding carboxylic acids is 3. The van der Waals surface area contributed by atoms with Gasteiger partial charge in [0.2, 0.25) is 11.8 Å². The number of hydrogen-bond acceptors (Lipinski definition) is 8. The second kappa shape index (κ2) is 15.2. The van der Waals surface area contributed by atoms with Crippen LogP contribution in [0.4, 0.5) is 4.79 Å². The molecule has 0 rings (SSSR count). The first-order valence-electron chi connectivity index (χ1n) is 12.2. The van der Waals surface area contributed by atoms with Crippen molar-refractivity contribution >= 4 is 24.7 Å². The Morgan fingerprint density at radius 3 is 1.94 bits per heavy atom. The quantitative estimate of drug-likeness (QED) is 0.169. The summed E-state index contributed by atoms with van der Waals surface area (Å²) >= 11 is 0. The third-order valence-corrected chi connectivity index (χ3v) is 4.99. The minimum atomic E-state index is -2.79. The van der Waals surface area contributed by atoms with Crippen molar-refractivity contribution in [3.8, 4) is 0 Å². The van der Waals surface area contributed by atoms with Gasteiger partial charge in [0.25, 0.3) is 0 Å². The van der Waals surface area contributed by atoms with Crippen molar-refractivity contribution in [3.05, 3.63) is 0 Å². The minimum Gasteiger partial charge on any atom is -0.558 e. The summed E-state index contributed by atoms with van der Waals surface area (Å²) in [4.78, 5) is 37.8. The number of alkyl carbamates (subject to hydrolysis) is 1. The van der Waals surface area contributed by atoms with Crippen LogP contribution in [0.1, 0.15) is 74.7 Å². The number of ether oxygens (including phenoxy) is 1. The second-order valence-corrected chi connectivity index (χ2v) is 9.64. The maximum Gasteiger partial charge on any atom is 0.408 e. The van der Waals surface area contributed by atoms with Crippen LogP contribution in [-0.2, 0) is 23.6 Å². The highest BCUT2D eigenvalue weighted by atomic mass is 16.7. The zero-order chi connectivity index (χ0) is 26.5. The molecule has 0 spiro atoms.